The first-order valence-corrected chi connectivity index (χ1v) is 6.47. The molecule has 1 amide bonds. The highest BCUT2D eigenvalue weighted by Gasteiger charge is 2.54. The van der Waals surface area contributed by atoms with Crippen molar-refractivity contribution in [3.63, 3.8) is 0 Å². The van der Waals surface area contributed by atoms with Crippen molar-refractivity contribution >= 4 is 5.91 Å². The summed E-state index contributed by atoms with van der Waals surface area (Å²) < 4.78 is 0. The monoisotopic (exact) mass is 220 g/mol. The lowest BCUT2D eigenvalue weighted by atomic mass is 9.83. The molecular weight excluding hydrogens is 200 g/mol. The molecule has 1 aliphatic heterocycles. The molecule has 3 aliphatic rings. The summed E-state index contributed by atoms with van der Waals surface area (Å²) in [6, 6.07) is 0.378. The second-order valence-electron chi connectivity index (χ2n) is 5.42. The van der Waals surface area contributed by atoms with Crippen LogP contribution in [0.2, 0.25) is 0 Å². The minimum Gasteiger partial charge on any atom is -0.338 e. The van der Waals surface area contributed by atoms with Crippen LogP contribution in [0.25, 0.3) is 0 Å². The fourth-order valence-corrected chi connectivity index (χ4v) is 3.68. The van der Waals surface area contributed by atoms with Crippen molar-refractivity contribution in [2.45, 2.75) is 44.8 Å². The third kappa shape index (κ3) is 1.21. The molecule has 1 heterocycles. The smallest absolute Gasteiger partial charge is 0.226 e. The summed E-state index contributed by atoms with van der Waals surface area (Å²) in [5.41, 5.74) is -0.156. The fourth-order valence-electron chi connectivity index (χ4n) is 3.68. The van der Waals surface area contributed by atoms with Crippen LogP contribution in [0.15, 0.2) is 12.2 Å². The Balaban J connectivity index is 1.90. The molecular formula is C13H20N2O. The van der Waals surface area contributed by atoms with Crippen LogP contribution in [-0.2, 0) is 4.79 Å². The first-order valence-electron chi connectivity index (χ1n) is 6.47. The van der Waals surface area contributed by atoms with Crippen molar-refractivity contribution in [2.75, 3.05) is 0 Å². The number of nitrogens with one attached hydrogen (secondary N) is 2. The van der Waals surface area contributed by atoms with Gasteiger partial charge in [-0.2, -0.15) is 0 Å². The second kappa shape index (κ2) is 3.33. The quantitative estimate of drug-likeness (QED) is 0.691. The number of hydrogen-bond donors (Lipinski definition) is 2. The van der Waals surface area contributed by atoms with Crippen LogP contribution in [0.1, 0.15) is 33.1 Å². The maximum absolute atomic E-state index is 12.2. The molecule has 3 heteroatoms. The third-order valence-corrected chi connectivity index (χ3v) is 4.77. The Labute approximate surface area is 96.7 Å². The Bertz CT molecular complexity index is 346. The van der Waals surface area contributed by atoms with E-state index < -0.39 is 0 Å². The first-order chi connectivity index (χ1) is 7.69. The van der Waals surface area contributed by atoms with Gasteiger partial charge in [0.05, 0.1) is 11.6 Å². The molecule has 0 aromatic rings. The molecule has 2 N–H and O–H groups in total. The SMILES string of the molecule is CCC1(CC)NC(=O)[C@H]2[C@@H](N1)[C@@H]1C=C[C@H]2C1. The first kappa shape index (κ1) is 10.3. The Hall–Kier alpha value is -0.830. The minimum absolute atomic E-state index is 0.156. The van der Waals surface area contributed by atoms with Crippen LogP contribution in [0.4, 0.5) is 0 Å². The Morgan fingerprint density at radius 1 is 1.31 bits per heavy atom. The predicted octanol–water partition coefficient (Wildman–Crippen LogP) is 1.41. The van der Waals surface area contributed by atoms with Gasteiger partial charge >= 0.3 is 0 Å². The zero-order valence-electron chi connectivity index (χ0n) is 9.99. The summed E-state index contributed by atoms with van der Waals surface area (Å²) in [6.07, 6.45) is 7.61. The van der Waals surface area contributed by atoms with Gasteiger partial charge in [0.2, 0.25) is 5.91 Å². The van der Waals surface area contributed by atoms with Gasteiger partial charge in [-0.25, -0.2) is 0 Å². The van der Waals surface area contributed by atoms with Crippen LogP contribution in [0.3, 0.4) is 0 Å². The average Bonchev–Trinajstić information content (AvgIpc) is 2.89. The molecule has 0 unspecified atom stereocenters. The zero-order valence-corrected chi connectivity index (χ0v) is 9.99. The third-order valence-electron chi connectivity index (χ3n) is 4.77. The van der Waals surface area contributed by atoms with Crippen LogP contribution < -0.4 is 10.6 Å². The Morgan fingerprint density at radius 3 is 2.69 bits per heavy atom. The molecule has 0 aromatic carbocycles. The molecule has 16 heavy (non-hydrogen) atoms. The van der Waals surface area contributed by atoms with Crippen molar-refractivity contribution in [1.82, 2.24) is 10.6 Å². The van der Waals surface area contributed by atoms with Crippen molar-refractivity contribution in [1.29, 1.82) is 0 Å². The van der Waals surface area contributed by atoms with E-state index in [2.05, 4.69) is 36.6 Å². The van der Waals surface area contributed by atoms with Gasteiger partial charge in [-0.15, -0.1) is 0 Å². The van der Waals surface area contributed by atoms with Gasteiger partial charge in [0.15, 0.2) is 0 Å². The van der Waals surface area contributed by atoms with E-state index >= 15 is 0 Å². The summed E-state index contributed by atoms with van der Waals surface area (Å²) in [6.45, 7) is 4.28. The van der Waals surface area contributed by atoms with E-state index in [1.165, 1.54) is 6.42 Å². The molecule has 1 saturated heterocycles. The molecule has 0 radical (unpaired) electrons. The molecule has 1 saturated carbocycles. The van der Waals surface area contributed by atoms with Gasteiger partial charge in [0.1, 0.15) is 0 Å². The van der Waals surface area contributed by atoms with Crippen molar-refractivity contribution in [3.05, 3.63) is 12.2 Å². The van der Waals surface area contributed by atoms with Gasteiger partial charge in [-0.05, 0) is 31.1 Å². The molecule has 2 fully saturated rings. The number of rotatable bonds is 2. The van der Waals surface area contributed by atoms with Crippen LogP contribution >= 0.6 is 0 Å². The number of allylic oxidation sites excluding steroid dienone is 1. The summed E-state index contributed by atoms with van der Waals surface area (Å²) in [7, 11) is 0. The van der Waals surface area contributed by atoms with E-state index in [4.69, 9.17) is 0 Å². The molecule has 0 spiro atoms. The summed E-state index contributed by atoms with van der Waals surface area (Å²) in [5, 5.41) is 6.91. The highest BCUT2D eigenvalue weighted by Crippen LogP contribution is 2.46. The molecule has 3 rings (SSSR count). The molecule has 2 aliphatic carbocycles. The standard InChI is InChI=1S/C13H20N2O/c1-3-13(4-2)14-11-9-6-5-8(7-9)10(11)12(16)15-13/h5-6,8-11,14H,3-4,7H2,1-2H3,(H,15,16)/t8-,9+,10+,11-/m0/s1. The van der Waals surface area contributed by atoms with Crippen LogP contribution in [0.5, 0.6) is 0 Å². The van der Waals surface area contributed by atoms with E-state index in [0.717, 1.165) is 12.8 Å². The lowest BCUT2D eigenvalue weighted by Crippen LogP contribution is -2.70. The molecule has 2 bridgehead atoms. The normalized spacial score (nSPS) is 43.2. The number of fused-ring (bicyclic) bond motifs is 5. The average molecular weight is 220 g/mol. The van der Waals surface area contributed by atoms with Gasteiger partial charge in [0, 0.05) is 6.04 Å². The maximum atomic E-state index is 12.2. The highest BCUT2D eigenvalue weighted by atomic mass is 16.2. The summed E-state index contributed by atoms with van der Waals surface area (Å²) >= 11 is 0. The van der Waals surface area contributed by atoms with Gasteiger partial charge in [-0.3, -0.25) is 10.1 Å². The van der Waals surface area contributed by atoms with Crippen molar-refractivity contribution in [2.24, 2.45) is 17.8 Å². The zero-order chi connectivity index (χ0) is 11.3. The summed E-state index contributed by atoms with van der Waals surface area (Å²) in [4.78, 5) is 12.2. The van der Waals surface area contributed by atoms with E-state index in [0.29, 0.717) is 17.9 Å². The number of carbonyl (C=O) groups excluding carboxylic acids is 1. The van der Waals surface area contributed by atoms with Crippen molar-refractivity contribution in [3.8, 4) is 0 Å². The minimum atomic E-state index is -0.156. The van der Waals surface area contributed by atoms with Gasteiger partial charge in [-0.1, -0.05) is 26.0 Å². The molecule has 4 atom stereocenters. The maximum Gasteiger partial charge on any atom is 0.226 e. The van der Waals surface area contributed by atoms with E-state index in [1.54, 1.807) is 0 Å². The largest absolute Gasteiger partial charge is 0.338 e. The summed E-state index contributed by atoms with van der Waals surface area (Å²) in [5.74, 6) is 1.51. The van der Waals surface area contributed by atoms with Gasteiger partial charge in [0.25, 0.3) is 0 Å². The van der Waals surface area contributed by atoms with Crippen molar-refractivity contribution < 1.29 is 4.79 Å². The Kier molecular flexibility index (Phi) is 2.15. The number of hydrogen-bond acceptors (Lipinski definition) is 2. The topological polar surface area (TPSA) is 41.1 Å². The lowest BCUT2D eigenvalue weighted by molar-refractivity contribution is -0.133. The predicted molar refractivity (Wildman–Crippen MR) is 62.6 cm³/mol. The number of amides is 1. The van der Waals surface area contributed by atoms with Gasteiger partial charge < -0.3 is 5.32 Å². The lowest BCUT2D eigenvalue weighted by Gasteiger charge is -2.46. The Morgan fingerprint density at radius 2 is 2.00 bits per heavy atom. The number of carbonyl (C=O) groups is 1. The van der Waals surface area contributed by atoms with Crippen LogP contribution in [-0.4, -0.2) is 17.6 Å². The van der Waals surface area contributed by atoms with E-state index in [1.807, 2.05) is 0 Å². The molecule has 88 valence electrons. The van der Waals surface area contributed by atoms with E-state index in [-0.39, 0.29) is 17.5 Å². The molecule has 0 aromatic heterocycles. The fraction of sp³-hybridized carbons (Fsp3) is 0.769. The molecule has 3 nitrogen and oxygen atoms in total. The van der Waals surface area contributed by atoms with E-state index in [9.17, 15) is 4.79 Å². The van der Waals surface area contributed by atoms with Crippen LogP contribution in [0, 0.1) is 17.8 Å². The highest BCUT2D eigenvalue weighted by molar-refractivity contribution is 5.82. The second-order valence-corrected chi connectivity index (χ2v) is 5.42.